The van der Waals surface area contributed by atoms with Crippen LogP contribution in [-0.2, 0) is 4.79 Å². The normalized spacial score (nSPS) is 10.6. The second kappa shape index (κ2) is 7.86. The Morgan fingerprint density at radius 1 is 1.08 bits per heavy atom. The van der Waals surface area contributed by atoms with Crippen LogP contribution >= 0.6 is 0 Å². The third-order valence-electron chi connectivity index (χ3n) is 3.87. The maximum atomic E-state index is 12.2. The summed E-state index contributed by atoms with van der Waals surface area (Å²) in [5, 5.41) is 2.84. The summed E-state index contributed by atoms with van der Waals surface area (Å²) in [6.07, 6.45) is 0. The van der Waals surface area contributed by atoms with Crippen LogP contribution in [0.2, 0.25) is 0 Å². The molecular weight excluding hydrogens is 302 g/mol. The van der Waals surface area contributed by atoms with Gasteiger partial charge in [-0.3, -0.25) is 4.79 Å². The smallest absolute Gasteiger partial charge is 0.262 e. The fourth-order valence-electron chi connectivity index (χ4n) is 2.38. The second-order valence-electron chi connectivity index (χ2n) is 6.22. The number of rotatable bonds is 6. The van der Waals surface area contributed by atoms with Crippen LogP contribution in [0.1, 0.15) is 36.5 Å². The number of nitrogens with one attached hydrogen (secondary N) is 1. The minimum absolute atomic E-state index is 0.0422. The highest BCUT2D eigenvalue weighted by Crippen LogP contribution is 2.26. The third kappa shape index (κ3) is 4.51. The summed E-state index contributed by atoms with van der Waals surface area (Å²) in [5.41, 5.74) is 3.91. The monoisotopic (exact) mass is 327 g/mol. The van der Waals surface area contributed by atoms with Crippen LogP contribution in [-0.4, -0.2) is 19.6 Å². The van der Waals surface area contributed by atoms with Crippen molar-refractivity contribution in [3.8, 4) is 11.5 Å². The summed E-state index contributed by atoms with van der Waals surface area (Å²) < 4.78 is 11.0. The Hall–Kier alpha value is -2.49. The van der Waals surface area contributed by atoms with Crippen LogP contribution in [0.5, 0.6) is 11.5 Å². The van der Waals surface area contributed by atoms with Crippen molar-refractivity contribution in [1.82, 2.24) is 0 Å². The Labute approximate surface area is 143 Å². The molecule has 128 valence electrons. The molecule has 0 fully saturated rings. The molecule has 2 rings (SSSR count). The average Bonchev–Trinajstić information content (AvgIpc) is 2.54. The molecule has 0 radical (unpaired) electrons. The van der Waals surface area contributed by atoms with Crippen LogP contribution < -0.4 is 14.8 Å². The van der Waals surface area contributed by atoms with E-state index in [1.165, 1.54) is 5.56 Å². The summed E-state index contributed by atoms with van der Waals surface area (Å²) >= 11 is 0. The third-order valence-corrected chi connectivity index (χ3v) is 3.87. The predicted molar refractivity (Wildman–Crippen MR) is 97.1 cm³/mol. The molecule has 0 aliphatic rings. The van der Waals surface area contributed by atoms with E-state index in [2.05, 4.69) is 25.2 Å². The van der Waals surface area contributed by atoms with Crippen molar-refractivity contribution < 1.29 is 14.3 Å². The first-order valence-electron chi connectivity index (χ1n) is 8.08. The Kier molecular flexibility index (Phi) is 5.85. The molecule has 24 heavy (non-hydrogen) atoms. The molecule has 1 N–H and O–H groups in total. The van der Waals surface area contributed by atoms with Gasteiger partial charge < -0.3 is 14.8 Å². The van der Waals surface area contributed by atoms with E-state index in [1.807, 2.05) is 44.2 Å². The van der Waals surface area contributed by atoms with Gasteiger partial charge in [0.1, 0.15) is 11.5 Å². The fourth-order valence-corrected chi connectivity index (χ4v) is 2.38. The van der Waals surface area contributed by atoms with Gasteiger partial charge in [0, 0.05) is 0 Å². The maximum Gasteiger partial charge on any atom is 0.262 e. The van der Waals surface area contributed by atoms with Crippen molar-refractivity contribution in [2.75, 3.05) is 19.0 Å². The first-order chi connectivity index (χ1) is 11.4. The van der Waals surface area contributed by atoms with Gasteiger partial charge in [0.15, 0.2) is 6.61 Å². The summed E-state index contributed by atoms with van der Waals surface area (Å²) in [7, 11) is 1.58. The van der Waals surface area contributed by atoms with Gasteiger partial charge in [0.2, 0.25) is 0 Å². The molecule has 0 heterocycles. The molecule has 0 unspecified atom stereocenters. The van der Waals surface area contributed by atoms with Gasteiger partial charge in [0.05, 0.1) is 12.8 Å². The standard InChI is InChI=1S/C20H25NO3/c1-13(2)16-8-7-15(4)19(11-16)24-12-20(22)21-17-10-14(3)6-9-18(17)23-5/h6-11,13H,12H2,1-5H3,(H,21,22). The second-order valence-corrected chi connectivity index (χ2v) is 6.22. The Bertz CT molecular complexity index is 723. The highest BCUT2D eigenvalue weighted by molar-refractivity contribution is 5.93. The lowest BCUT2D eigenvalue weighted by atomic mass is 10.0. The van der Waals surface area contributed by atoms with E-state index in [9.17, 15) is 4.79 Å². The highest BCUT2D eigenvalue weighted by Gasteiger charge is 2.10. The summed E-state index contributed by atoms with van der Waals surface area (Å²) in [4.78, 5) is 12.2. The molecule has 1 amide bonds. The van der Waals surface area contributed by atoms with Gasteiger partial charge in [-0.1, -0.05) is 32.0 Å². The van der Waals surface area contributed by atoms with Crippen molar-refractivity contribution in [2.45, 2.75) is 33.6 Å². The molecule has 0 saturated heterocycles. The minimum Gasteiger partial charge on any atom is -0.495 e. The molecule has 4 heteroatoms. The average molecular weight is 327 g/mol. The SMILES string of the molecule is COc1ccc(C)cc1NC(=O)COc1cc(C(C)C)ccc1C. The van der Waals surface area contributed by atoms with Gasteiger partial charge >= 0.3 is 0 Å². The van der Waals surface area contributed by atoms with E-state index in [0.717, 1.165) is 16.9 Å². The molecule has 0 spiro atoms. The van der Waals surface area contributed by atoms with Crippen LogP contribution in [0.3, 0.4) is 0 Å². The molecule has 4 nitrogen and oxygen atoms in total. The molecule has 0 atom stereocenters. The first-order valence-corrected chi connectivity index (χ1v) is 8.08. The van der Waals surface area contributed by atoms with Gasteiger partial charge in [-0.25, -0.2) is 0 Å². The lowest BCUT2D eigenvalue weighted by Crippen LogP contribution is -2.21. The molecule has 0 aliphatic heterocycles. The number of anilines is 1. The van der Waals surface area contributed by atoms with Crippen LogP contribution in [0, 0.1) is 13.8 Å². The summed E-state index contributed by atoms with van der Waals surface area (Å²) in [5.74, 6) is 1.58. The van der Waals surface area contributed by atoms with Gasteiger partial charge in [0.25, 0.3) is 5.91 Å². The van der Waals surface area contributed by atoms with Gasteiger partial charge in [-0.2, -0.15) is 0 Å². The maximum absolute atomic E-state index is 12.2. The number of hydrogen-bond acceptors (Lipinski definition) is 3. The molecule has 2 aromatic carbocycles. The lowest BCUT2D eigenvalue weighted by molar-refractivity contribution is -0.118. The first kappa shape index (κ1) is 17.9. The van der Waals surface area contributed by atoms with E-state index < -0.39 is 0 Å². The Balaban J connectivity index is 2.04. The van der Waals surface area contributed by atoms with E-state index >= 15 is 0 Å². The molecular formula is C20H25NO3. The number of aryl methyl sites for hydroxylation is 2. The van der Waals surface area contributed by atoms with Crippen molar-refractivity contribution >= 4 is 11.6 Å². The number of ether oxygens (including phenoxy) is 2. The lowest BCUT2D eigenvalue weighted by Gasteiger charge is -2.14. The van der Waals surface area contributed by atoms with E-state index in [-0.39, 0.29) is 12.5 Å². The quantitative estimate of drug-likeness (QED) is 0.852. The van der Waals surface area contributed by atoms with E-state index in [4.69, 9.17) is 9.47 Å². The zero-order valence-electron chi connectivity index (χ0n) is 15.0. The number of benzene rings is 2. The largest absolute Gasteiger partial charge is 0.495 e. The number of amides is 1. The molecule has 2 aromatic rings. The number of carbonyl (C=O) groups excluding carboxylic acids is 1. The Morgan fingerprint density at radius 3 is 2.50 bits per heavy atom. The van der Waals surface area contributed by atoms with Crippen molar-refractivity contribution in [2.24, 2.45) is 0 Å². The number of carbonyl (C=O) groups is 1. The molecule has 0 saturated carbocycles. The number of methoxy groups -OCH3 is 1. The number of hydrogen-bond donors (Lipinski definition) is 1. The van der Waals surface area contributed by atoms with Crippen molar-refractivity contribution in [3.63, 3.8) is 0 Å². The summed E-state index contributed by atoms with van der Waals surface area (Å²) in [6, 6.07) is 11.8. The van der Waals surface area contributed by atoms with E-state index in [0.29, 0.717) is 17.4 Å². The topological polar surface area (TPSA) is 47.6 Å². The molecule has 0 aromatic heterocycles. The van der Waals surface area contributed by atoms with Gasteiger partial charge in [-0.15, -0.1) is 0 Å². The van der Waals surface area contributed by atoms with Gasteiger partial charge in [-0.05, 0) is 54.7 Å². The minimum atomic E-state index is -0.215. The molecule has 0 aliphatic carbocycles. The fraction of sp³-hybridized carbons (Fsp3) is 0.350. The van der Waals surface area contributed by atoms with Crippen molar-refractivity contribution in [1.29, 1.82) is 0 Å². The zero-order chi connectivity index (χ0) is 17.7. The van der Waals surface area contributed by atoms with Crippen molar-refractivity contribution in [3.05, 3.63) is 53.1 Å². The molecule has 0 bridgehead atoms. The van der Waals surface area contributed by atoms with Crippen LogP contribution in [0.15, 0.2) is 36.4 Å². The zero-order valence-corrected chi connectivity index (χ0v) is 15.0. The Morgan fingerprint density at radius 2 is 1.83 bits per heavy atom. The summed E-state index contributed by atoms with van der Waals surface area (Å²) in [6.45, 7) is 8.16. The van der Waals surface area contributed by atoms with E-state index in [1.54, 1.807) is 7.11 Å². The predicted octanol–water partition coefficient (Wildman–Crippen LogP) is 4.45. The van der Waals surface area contributed by atoms with Crippen LogP contribution in [0.4, 0.5) is 5.69 Å². The van der Waals surface area contributed by atoms with Crippen LogP contribution in [0.25, 0.3) is 0 Å². The highest BCUT2D eigenvalue weighted by atomic mass is 16.5.